The molecule has 11 aromatic carbocycles. The zero-order valence-corrected chi connectivity index (χ0v) is 32.7. The first kappa shape index (κ1) is 23.6. The highest BCUT2D eigenvalue weighted by atomic mass is 16.3. The lowest BCUT2D eigenvalue weighted by Gasteiger charge is -2.28. The molecule has 0 unspecified atom stereocenters. The third-order valence-corrected chi connectivity index (χ3v) is 11.3. The number of anilines is 3. The van der Waals surface area contributed by atoms with Crippen LogP contribution in [-0.2, 0) is 0 Å². The van der Waals surface area contributed by atoms with Crippen LogP contribution in [0.5, 0.6) is 0 Å². The summed E-state index contributed by atoms with van der Waals surface area (Å²) in [7, 11) is 0. The fourth-order valence-electron chi connectivity index (χ4n) is 8.39. The van der Waals surface area contributed by atoms with Crippen LogP contribution in [0, 0.1) is 0 Å². The van der Waals surface area contributed by atoms with Crippen LogP contribution in [0.3, 0.4) is 0 Å². The summed E-state index contributed by atoms with van der Waals surface area (Å²) in [6.45, 7) is 0. The zero-order valence-electron chi connectivity index (χ0n) is 47.7. The number of nitrogens with zero attached hydrogens (tertiary/aromatic N) is 1. The Morgan fingerprint density at radius 2 is 0.887 bits per heavy atom. The predicted molar refractivity (Wildman–Crippen MR) is 263 cm³/mol. The molecule has 0 saturated heterocycles. The van der Waals surface area contributed by atoms with Crippen molar-refractivity contribution < 1.29 is 25.0 Å². The maximum Gasteiger partial charge on any atom is 0.143 e. The molecule has 0 radical (unpaired) electrons. The molecule has 12 rings (SSSR count). The summed E-state index contributed by atoms with van der Waals surface area (Å²) in [5, 5.41) is 4.59. The lowest BCUT2D eigenvalue weighted by Crippen LogP contribution is -2.11. The summed E-state index contributed by atoms with van der Waals surface area (Å²) in [6.07, 6.45) is 0. The van der Waals surface area contributed by atoms with E-state index in [9.17, 15) is 11.0 Å². The van der Waals surface area contributed by atoms with E-state index in [1.165, 1.54) is 4.90 Å². The van der Waals surface area contributed by atoms with Crippen LogP contribution >= 0.6 is 0 Å². The van der Waals surface area contributed by atoms with Gasteiger partial charge in [-0.3, -0.25) is 0 Å². The Labute approximate surface area is 381 Å². The molecule has 12 aromatic rings. The van der Waals surface area contributed by atoms with E-state index in [0.29, 0.717) is 27.9 Å². The average molecular weight is 805 g/mol. The summed E-state index contributed by atoms with van der Waals surface area (Å²) in [5.74, 6) is 0. The van der Waals surface area contributed by atoms with Gasteiger partial charge < -0.3 is 9.32 Å². The first-order valence-corrected chi connectivity index (χ1v) is 20.0. The first-order chi connectivity index (χ1) is 37.0. The highest BCUT2D eigenvalue weighted by Gasteiger charge is 2.21. The lowest BCUT2D eigenvalue weighted by molar-refractivity contribution is 0.674. The first-order valence-electron chi connectivity index (χ1n) is 27.5. The molecule has 0 saturated carbocycles. The van der Waals surface area contributed by atoms with Crippen molar-refractivity contribution >= 4 is 71.3 Å². The second kappa shape index (κ2) is 14.8. The number of benzene rings is 11. The SMILES string of the molecule is [2H]c1c([2H])c(N(c2ccccc2-c2cccc3c2oc2c4ccccc4ccc32)c2c([2H])c([2H])c(-c3c([2H])c([2H])c([2H])c4c([2H])c([2H])c([2H])c([2H])c34)c([2H])c2[2H])c([2H])c([2H])c1-c1ccc(-c2cccc3ccccc23)cc1. The maximum atomic E-state index is 9.86. The summed E-state index contributed by atoms with van der Waals surface area (Å²) in [4.78, 5) is 1.18. The number of hydrogen-bond donors (Lipinski definition) is 0. The fourth-order valence-corrected chi connectivity index (χ4v) is 8.39. The largest absolute Gasteiger partial charge is 0.455 e. The minimum Gasteiger partial charge on any atom is -0.455 e. The standard InChI is InChI=1S/C60H39NO/c1-4-17-49-42(12-1)15-9-21-51(49)45-28-26-40(27-29-45)41-30-35-47(36-31-41)61(48-37-32-46(33-38-48)52-22-10-16-43-13-2-5-18-50(43)52)58-25-8-7-20-54(58)55-23-11-24-56-57-39-34-44-14-3-6-19-53(44)59(57)62-60(55)56/h1-39H/i2D,5D,10D,13D,16D,18D,22D,30D,31D,32D,33D,35D,36D,37D,38D. The molecule has 0 bridgehead atoms. The number of hydrogen-bond acceptors (Lipinski definition) is 2. The molecule has 1 aromatic heterocycles. The number of furan rings is 1. The molecule has 62 heavy (non-hydrogen) atoms. The molecule has 0 aliphatic carbocycles. The molecule has 290 valence electrons. The van der Waals surface area contributed by atoms with Crippen molar-refractivity contribution in [3.8, 4) is 44.5 Å². The minimum absolute atomic E-state index is 0.0286. The topological polar surface area (TPSA) is 16.4 Å². The van der Waals surface area contributed by atoms with E-state index in [1.54, 1.807) is 42.5 Å². The van der Waals surface area contributed by atoms with E-state index < -0.39 is 124 Å². The van der Waals surface area contributed by atoms with E-state index in [4.69, 9.17) is 14.0 Å². The van der Waals surface area contributed by atoms with Crippen molar-refractivity contribution in [1.29, 1.82) is 0 Å². The highest BCUT2D eigenvalue weighted by molar-refractivity contribution is 6.17. The Hall–Kier alpha value is -8.20. The number of fused-ring (bicyclic) bond motifs is 7. The van der Waals surface area contributed by atoms with Gasteiger partial charge in [0.15, 0.2) is 0 Å². The van der Waals surface area contributed by atoms with Crippen LogP contribution in [0.25, 0.3) is 98.8 Å². The Morgan fingerprint density at radius 1 is 0.306 bits per heavy atom. The van der Waals surface area contributed by atoms with Gasteiger partial charge in [-0.25, -0.2) is 0 Å². The van der Waals surface area contributed by atoms with Crippen LogP contribution in [0.15, 0.2) is 241 Å². The van der Waals surface area contributed by atoms with E-state index >= 15 is 0 Å². The summed E-state index contributed by atoms with van der Waals surface area (Å²) in [5.41, 5.74) is 2.19. The third kappa shape index (κ3) is 6.04. The van der Waals surface area contributed by atoms with Gasteiger partial charge in [0.1, 0.15) is 11.2 Å². The summed E-state index contributed by atoms with van der Waals surface area (Å²) < 4.78 is 146. The van der Waals surface area contributed by atoms with Crippen LogP contribution in [0.2, 0.25) is 0 Å². The van der Waals surface area contributed by atoms with Gasteiger partial charge in [-0.1, -0.05) is 200 Å². The van der Waals surface area contributed by atoms with Gasteiger partial charge in [-0.05, 0) is 96.6 Å². The minimum atomic E-state index is -0.813. The van der Waals surface area contributed by atoms with Crippen molar-refractivity contribution in [3.05, 3.63) is 236 Å². The second-order valence-electron chi connectivity index (χ2n) is 14.9. The molecule has 0 atom stereocenters. The van der Waals surface area contributed by atoms with Gasteiger partial charge in [-0.15, -0.1) is 0 Å². The molecule has 0 amide bonds. The highest BCUT2D eigenvalue weighted by Crippen LogP contribution is 2.46. The lowest BCUT2D eigenvalue weighted by atomic mass is 9.96. The van der Waals surface area contributed by atoms with Crippen molar-refractivity contribution in [3.63, 3.8) is 0 Å². The van der Waals surface area contributed by atoms with Gasteiger partial charge in [0, 0.05) is 38.7 Å². The van der Waals surface area contributed by atoms with E-state index in [2.05, 4.69) is 0 Å². The predicted octanol–water partition coefficient (Wildman–Crippen LogP) is 17.2. The molecule has 0 spiro atoms. The van der Waals surface area contributed by atoms with Crippen molar-refractivity contribution in [2.24, 2.45) is 0 Å². The van der Waals surface area contributed by atoms with Gasteiger partial charge in [-0.2, -0.15) is 0 Å². The Balaban J connectivity index is 1.13. The molecule has 2 heteroatoms. The zero-order chi connectivity index (χ0) is 54.0. The quantitative estimate of drug-likeness (QED) is 0.160. The van der Waals surface area contributed by atoms with Crippen molar-refractivity contribution in [1.82, 2.24) is 0 Å². The van der Waals surface area contributed by atoms with Gasteiger partial charge in [0.25, 0.3) is 0 Å². The molecule has 0 aliphatic heterocycles. The third-order valence-electron chi connectivity index (χ3n) is 11.3. The molecule has 1 heterocycles. The van der Waals surface area contributed by atoms with E-state index in [1.807, 2.05) is 103 Å². The maximum absolute atomic E-state index is 9.86. The Kier molecular flexibility index (Phi) is 5.63. The second-order valence-corrected chi connectivity index (χ2v) is 14.9. The van der Waals surface area contributed by atoms with Gasteiger partial charge in [0.05, 0.1) is 26.2 Å². The van der Waals surface area contributed by atoms with Gasteiger partial charge in [0.2, 0.25) is 0 Å². The van der Waals surface area contributed by atoms with Crippen LogP contribution < -0.4 is 4.90 Å². The van der Waals surface area contributed by atoms with Crippen molar-refractivity contribution in [2.45, 2.75) is 0 Å². The molecule has 0 fully saturated rings. The Bertz CT molecular complexity index is 4460. The number of rotatable bonds is 7. The molecule has 0 N–H and O–H groups in total. The average Bonchev–Trinajstić information content (AvgIpc) is 4.02. The molecular weight excluding hydrogens is 751 g/mol. The summed E-state index contributed by atoms with van der Waals surface area (Å²) >= 11 is 0. The van der Waals surface area contributed by atoms with Crippen LogP contribution in [0.1, 0.15) is 20.6 Å². The normalized spacial score (nSPS) is 14.9. The smallest absolute Gasteiger partial charge is 0.143 e. The van der Waals surface area contributed by atoms with Gasteiger partial charge >= 0.3 is 0 Å². The van der Waals surface area contributed by atoms with Crippen molar-refractivity contribution in [2.75, 3.05) is 4.90 Å². The molecule has 2 nitrogen and oxygen atoms in total. The van der Waals surface area contributed by atoms with Crippen LogP contribution in [-0.4, -0.2) is 0 Å². The molecule has 0 aliphatic rings. The number of para-hydroxylation sites is 2. The van der Waals surface area contributed by atoms with Crippen LogP contribution in [0.4, 0.5) is 17.1 Å². The van der Waals surface area contributed by atoms with E-state index in [0.717, 1.165) is 43.4 Å². The summed E-state index contributed by atoms with van der Waals surface area (Å²) in [6, 6.07) is 34.8. The molecular formula is C60H39NO. The fraction of sp³-hybridized carbons (Fsp3) is 0. The van der Waals surface area contributed by atoms with E-state index in [-0.39, 0.29) is 11.3 Å². The Morgan fingerprint density at radius 3 is 1.71 bits per heavy atom. The monoisotopic (exact) mass is 804 g/mol.